The molecule has 4 nitrogen and oxygen atoms in total. The summed E-state index contributed by atoms with van der Waals surface area (Å²) in [6.07, 6.45) is 5.72. The van der Waals surface area contributed by atoms with Gasteiger partial charge in [-0.25, -0.2) is 0 Å². The maximum Gasteiger partial charge on any atom is 0.234 e. The van der Waals surface area contributed by atoms with Crippen molar-refractivity contribution in [3.8, 4) is 0 Å². The van der Waals surface area contributed by atoms with E-state index < -0.39 is 0 Å². The number of rotatable bonds is 4. The standard InChI is InChI=1S/C19H23N3O/c1-13-4-7-18-16(3-2-8-20-18)17(13)10-21-19(23)12-22-11-14-5-6-15(22)9-14/h2-4,7-8,14-15H,5-6,9-12H2,1H3,(H,21,23)/t14-,15+/m1/s1. The number of benzene rings is 1. The van der Waals surface area contributed by atoms with Crippen molar-refractivity contribution >= 4 is 16.8 Å². The Morgan fingerprint density at radius 2 is 2.26 bits per heavy atom. The lowest BCUT2D eigenvalue weighted by Gasteiger charge is -2.26. The summed E-state index contributed by atoms with van der Waals surface area (Å²) in [6.45, 7) is 4.32. The number of pyridine rings is 1. The summed E-state index contributed by atoms with van der Waals surface area (Å²) >= 11 is 0. The van der Waals surface area contributed by atoms with Crippen LogP contribution in [-0.2, 0) is 11.3 Å². The highest BCUT2D eigenvalue weighted by molar-refractivity contribution is 5.84. The first kappa shape index (κ1) is 14.6. The summed E-state index contributed by atoms with van der Waals surface area (Å²) in [5.74, 6) is 0.969. The van der Waals surface area contributed by atoms with Crippen molar-refractivity contribution in [3.63, 3.8) is 0 Å². The molecule has 0 unspecified atom stereocenters. The van der Waals surface area contributed by atoms with Gasteiger partial charge in [0.15, 0.2) is 0 Å². The van der Waals surface area contributed by atoms with E-state index in [-0.39, 0.29) is 5.91 Å². The second kappa shape index (κ2) is 5.93. The van der Waals surface area contributed by atoms with Crippen LogP contribution in [0, 0.1) is 12.8 Å². The molecule has 1 aliphatic heterocycles. The lowest BCUT2D eigenvalue weighted by molar-refractivity contribution is -0.122. The van der Waals surface area contributed by atoms with Gasteiger partial charge >= 0.3 is 0 Å². The molecule has 4 heteroatoms. The fourth-order valence-corrected chi connectivity index (χ4v) is 4.20. The zero-order valence-electron chi connectivity index (χ0n) is 13.6. The second-order valence-electron chi connectivity index (χ2n) is 6.97. The predicted octanol–water partition coefficient (Wildman–Crippen LogP) is 2.64. The molecule has 1 saturated heterocycles. The Morgan fingerprint density at radius 3 is 3.04 bits per heavy atom. The van der Waals surface area contributed by atoms with Crippen molar-refractivity contribution < 1.29 is 4.79 Å². The lowest BCUT2D eigenvalue weighted by Crippen LogP contribution is -2.41. The van der Waals surface area contributed by atoms with Crippen LogP contribution in [0.5, 0.6) is 0 Å². The van der Waals surface area contributed by atoms with Gasteiger partial charge in [0.2, 0.25) is 5.91 Å². The predicted molar refractivity (Wildman–Crippen MR) is 91.0 cm³/mol. The minimum Gasteiger partial charge on any atom is -0.351 e. The Kier molecular flexibility index (Phi) is 3.77. The van der Waals surface area contributed by atoms with E-state index >= 15 is 0 Å². The number of piperidine rings is 1. The number of carbonyl (C=O) groups is 1. The summed E-state index contributed by atoms with van der Waals surface area (Å²) in [7, 11) is 0. The lowest BCUT2D eigenvalue weighted by atomic mass is 10.0. The Morgan fingerprint density at radius 1 is 1.35 bits per heavy atom. The Labute approximate surface area is 136 Å². The molecular weight excluding hydrogens is 286 g/mol. The average Bonchev–Trinajstić information content (AvgIpc) is 3.16. The molecule has 2 atom stereocenters. The molecule has 1 aliphatic carbocycles. The molecule has 4 rings (SSSR count). The molecule has 1 N–H and O–H groups in total. The van der Waals surface area contributed by atoms with Crippen molar-refractivity contribution in [2.45, 2.75) is 38.8 Å². The van der Waals surface area contributed by atoms with Crippen LogP contribution in [-0.4, -0.2) is 34.9 Å². The van der Waals surface area contributed by atoms with Gasteiger partial charge in [0.1, 0.15) is 0 Å². The van der Waals surface area contributed by atoms with Gasteiger partial charge < -0.3 is 5.32 Å². The number of hydrogen-bond acceptors (Lipinski definition) is 3. The molecule has 0 spiro atoms. The molecule has 120 valence electrons. The monoisotopic (exact) mass is 309 g/mol. The molecule has 2 aliphatic rings. The highest BCUT2D eigenvalue weighted by Gasteiger charge is 2.38. The zero-order valence-corrected chi connectivity index (χ0v) is 13.6. The van der Waals surface area contributed by atoms with E-state index in [0.717, 1.165) is 23.4 Å². The Hall–Kier alpha value is -1.94. The number of amides is 1. The van der Waals surface area contributed by atoms with Crippen molar-refractivity contribution in [2.75, 3.05) is 13.1 Å². The van der Waals surface area contributed by atoms with Gasteiger partial charge in [-0.2, -0.15) is 0 Å². The molecule has 2 bridgehead atoms. The SMILES string of the molecule is Cc1ccc2ncccc2c1CNC(=O)CN1C[C@@H]2CC[C@H]1C2. The molecule has 1 saturated carbocycles. The van der Waals surface area contributed by atoms with E-state index in [2.05, 4.69) is 34.3 Å². The number of aryl methyl sites for hydroxylation is 1. The first-order valence-corrected chi connectivity index (χ1v) is 8.54. The van der Waals surface area contributed by atoms with Gasteiger partial charge in [-0.3, -0.25) is 14.7 Å². The summed E-state index contributed by atoms with van der Waals surface area (Å²) in [5, 5.41) is 4.24. The smallest absolute Gasteiger partial charge is 0.234 e. The second-order valence-corrected chi connectivity index (χ2v) is 6.97. The fraction of sp³-hybridized carbons (Fsp3) is 0.474. The molecule has 0 radical (unpaired) electrons. The number of nitrogens with one attached hydrogen (secondary N) is 1. The summed E-state index contributed by atoms with van der Waals surface area (Å²) in [6, 6.07) is 8.80. The van der Waals surface area contributed by atoms with Crippen LogP contribution in [0.1, 0.15) is 30.4 Å². The third kappa shape index (κ3) is 2.83. The summed E-state index contributed by atoms with van der Waals surface area (Å²) in [5.41, 5.74) is 3.36. The zero-order chi connectivity index (χ0) is 15.8. The number of carbonyl (C=O) groups excluding carboxylic acids is 1. The largest absolute Gasteiger partial charge is 0.351 e. The van der Waals surface area contributed by atoms with Crippen LogP contribution in [0.4, 0.5) is 0 Å². The number of nitrogens with zero attached hydrogens (tertiary/aromatic N) is 2. The number of likely N-dealkylation sites (tertiary alicyclic amines) is 1. The summed E-state index contributed by atoms with van der Waals surface area (Å²) < 4.78 is 0. The Balaban J connectivity index is 1.43. The van der Waals surface area contributed by atoms with E-state index in [1.807, 2.05) is 18.3 Å². The highest BCUT2D eigenvalue weighted by Crippen LogP contribution is 2.36. The molecule has 2 fully saturated rings. The van der Waals surface area contributed by atoms with Crippen LogP contribution in [0.3, 0.4) is 0 Å². The third-order valence-electron chi connectivity index (χ3n) is 5.46. The first-order valence-electron chi connectivity index (χ1n) is 8.54. The molecule has 1 amide bonds. The fourth-order valence-electron chi connectivity index (χ4n) is 4.20. The minimum absolute atomic E-state index is 0.137. The van der Waals surface area contributed by atoms with E-state index in [4.69, 9.17) is 0 Å². The van der Waals surface area contributed by atoms with Gasteiger partial charge in [0.25, 0.3) is 0 Å². The Bertz CT molecular complexity index is 742. The topological polar surface area (TPSA) is 45.2 Å². The maximum atomic E-state index is 12.3. The molecule has 2 heterocycles. The molecule has 1 aromatic carbocycles. The van der Waals surface area contributed by atoms with E-state index in [0.29, 0.717) is 19.1 Å². The number of aromatic nitrogens is 1. The highest BCUT2D eigenvalue weighted by atomic mass is 16.2. The quantitative estimate of drug-likeness (QED) is 0.944. The van der Waals surface area contributed by atoms with Gasteiger partial charge in [0.05, 0.1) is 12.1 Å². The molecular formula is C19H23N3O. The van der Waals surface area contributed by atoms with E-state index in [1.54, 1.807) is 0 Å². The van der Waals surface area contributed by atoms with E-state index in [1.165, 1.54) is 30.4 Å². The van der Waals surface area contributed by atoms with Crippen LogP contribution >= 0.6 is 0 Å². The van der Waals surface area contributed by atoms with Crippen LogP contribution in [0.15, 0.2) is 30.5 Å². The number of fused-ring (bicyclic) bond motifs is 3. The van der Waals surface area contributed by atoms with Gasteiger partial charge in [-0.05, 0) is 55.4 Å². The van der Waals surface area contributed by atoms with Gasteiger partial charge in [-0.15, -0.1) is 0 Å². The third-order valence-corrected chi connectivity index (χ3v) is 5.46. The van der Waals surface area contributed by atoms with Crippen LogP contribution < -0.4 is 5.32 Å². The summed E-state index contributed by atoms with van der Waals surface area (Å²) in [4.78, 5) is 19.1. The van der Waals surface area contributed by atoms with Crippen molar-refractivity contribution in [3.05, 3.63) is 41.6 Å². The van der Waals surface area contributed by atoms with E-state index in [9.17, 15) is 4.79 Å². The number of hydrogen-bond donors (Lipinski definition) is 1. The van der Waals surface area contributed by atoms with Crippen molar-refractivity contribution in [1.82, 2.24) is 15.2 Å². The van der Waals surface area contributed by atoms with Gasteiger partial charge in [0, 0.05) is 30.7 Å². The van der Waals surface area contributed by atoms with Crippen LogP contribution in [0.2, 0.25) is 0 Å². The average molecular weight is 309 g/mol. The molecule has 2 aromatic rings. The normalized spacial score (nSPS) is 23.5. The van der Waals surface area contributed by atoms with Crippen molar-refractivity contribution in [2.24, 2.45) is 5.92 Å². The maximum absolute atomic E-state index is 12.3. The molecule has 1 aromatic heterocycles. The molecule has 23 heavy (non-hydrogen) atoms. The van der Waals surface area contributed by atoms with Crippen LogP contribution in [0.25, 0.3) is 10.9 Å². The first-order chi connectivity index (χ1) is 11.2. The minimum atomic E-state index is 0.137. The van der Waals surface area contributed by atoms with Crippen molar-refractivity contribution in [1.29, 1.82) is 0 Å². The van der Waals surface area contributed by atoms with Gasteiger partial charge in [-0.1, -0.05) is 12.1 Å².